The average Bonchev–Trinajstić information content (AvgIpc) is 2.05. The molecule has 1 aromatic heterocycles. The second-order valence-corrected chi connectivity index (χ2v) is 1.98. The van der Waals surface area contributed by atoms with Gasteiger partial charge in [-0.2, -0.15) is 0 Å². The summed E-state index contributed by atoms with van der Waals surface area (Å²) in [5.74, 6) is -0.655. The molecule has 0 aliphatic rings. The minimum Gasteiger partial charge on any atom is -0.288 e. The number of hydroxylamine groups is 1. The largest absolute Gasteiger partial charge is 0.294 e. The predicted octanol–water partition coefficient (Wildman–Crippen LogP) is -0.0960. The number of aromatic nitrogens is 2. The molecule has 1 heterocycles. The van der Waals surface area contributed by atoms with Gasteiger partial charge in [0.2, 0.25) is 0 Å². The van der Waals surface area contributed by atoms with Crippen LogP contribution in [-0.4, -0.2) is 21.1 Å². The van der Waals surface area contributed by atoms with Crippen molar-refractivity contribution in [2.24, 2.45) is 0 Å². The van der Waals surface area contributed by atoms with Gasteiger partial charge in [0.15, 0.2) is 0 Å². The third kappa shape index (κ3) is 1.71. The third-order valence-corrected chi connectivity index (χ3v) is 1.12. The van der Waals surface area contributed by atoms with E-state index in [0.29, 0.717) is 0 Å². The van der Waals surface area contributed by atoms with Gasteiger partial charge in [-0.15, -0.1) is 0 Å². The maximum absolute atomic E-state index is 10.7. The minimum absolute atomic E-state index is 0.0955. The second kappa shape index (κ2) is 3.07. The van der Waals surface area contributed by atoms with Crippen LogP contribution in [0, 0.1) is 6.92 Å². The van der Waals surface area contributed by atoms with Crippen LogP contribution >= 0.6 is 0 Å². The molecule has 11 heavy (non-hydrogen) atoms. The van der Waals surface area contributed by atoms with Crippen molar-refractivity contribution in [3.63, 3.8) is 0 Å². The number of amides is 1. The van der Waals surface area contributed by atoms with Gasteiger partial charge >= 0.3 is 0 Å². The monoisotopic (exact) mass is 153 g/mol. The van der Waals surface area contributed by atoms with Crippen LogP contribution in [0.4, 0.5) is 0 Å². The van der Waals surface area contributed by atoms with Gasteiger partial charge in [0.1, 0.15) is 5.69 Å². The first-order valence-corrected chi connectivity index (χ1v) is 2.97. The lowest BCUT2D eigenvalue weighted by atomic mass is 10.4. The van der Waals surface area contributed by atoms with Crippen LogP contribution < -0.4 is 5.48 Å². The van der Waals surface area contributed by atoms with Crippen LogP contribution in [0.5, 0.6) is 0 Å². The number of hydrogen-bond donors (Lipinski definition) is 2. The quantitative estimate of drug-likeness (QED) is 0.436. The molecule has 0 unspecified atom stereocenters. The van der Waals surface area contributed by atoms with Crippen LogP contribution in [0.1, 0.15) is 16.2 Å². The number of rotatable bonds is 1. The lowest BCUT2D eigenvalue weighted by Gasteiger charge is -1.95. The number of nitrogens with one attached hydrogen (secondary N) is 1. The summed E-state index contributed by atoms with van der Waals surface area (Å²) in [6.45, 7) is 1.76. The molecule has 1 rings (SSSR count). The van der Waals surface area contributed by atoms with Crippen LogP contribution in [0.15, 0.2) is 12.4 Å². The molecule has 0 saturated heterocycles. The molecule has 0 aliphatic carbocycles. The highest BCUT2D eigenvalue weighted by atomic mass is 16.5. The molecule has 2 N–H and O–H groups in total. The first-order chi connectivity index (χ1) is 5.24. The predicted molar refractivity (Wildman–Crippen MR) is 36.0 cm³/mol. The Kier molecular flexibility index (Phi) is 2.12. The summed E-state index contributed by atoms with van der Waals surface area (Å²) >= 11 is 0. The van der Waals surface area contributed by atoms with Gasteiger partial charge in [-0.3, -0.25) is 15.0 Å². The molecule has 0 atom stereocenters. The van der Waals surface area contributed by atoms with Crippen LogP contribution in [-0.2, 0) is 0 Å². The fraction of sp³-hybridized carbons (Fsp3) is 0.167. The molecule has 5 nitrogen and oxygen atoms in total. The van der Waals surface area contributed by atoms with E-state index in [0.717, 1.165) is 5.69 Å². The van der Waals surface area contributed by atoms with Crippen LogP contribution in [0.25, 0.3) is 0 Å². The molecular formula is C6H7N3O2. The maximum atomic E-state index is 10.7. The highest BCUT2D eigenvalue weighted by Gasteiger charge is 2.03. The second-order valence-electron chi connectivity index (χ2n) is 1.98. The van der Waals surface area contributed by atoms with E-state index in [9.17, 15) is 4.79 Å². The Labute approximate surface area is 63.1 Å². The van der Waals surface area contributed by atoms with E-state index in [1.165, 1.54) is 17.9 Å². The first kappa shape index (κ1) is 7.62. The molecule has 0 radical (unpaired) electrons. The Morgan fingerprint density at radius 1 is 1.55 bits per heavy atom. The molecular weight excluding hydrogens is 146 g/mol. The van der Waals surface area contributed by atoms with Gasteiger partial charge in [-0.05, 0) is 6.92 Å². The zero-order valence-corrected chi connectivity index (χ0v) is 5.90. The van der Waals surface area contributed by atoms with E-state index in [-0.39, 0.29) is 5.69 Å². The molecule has 0 spiro atoms. The van der Waals surface area contributed by atoms with Crippen molar-refractivity contribution in [1.82, 2.24) is 15.4 Å². The summed E-state index contributed by atoms with van der Waals surface area (Å²) in [5, 5.41) is 8.19. The Hall–Kier alpha value is -1.49. The first-order valence-electron chi connectivity index (χ1n) is 2.97. The highest BCUT2D eigenvalue weighted by molar-refractivity contribution is 5.90. The molecule has 58 valence electrons. The fourth-order valence-electron chi connectivity index (χ4n) is 0.567. The van der Waals surface area contributed by atoms with Gasteiger partial charge < -0.3 is 0 Å². The topological polar surface area (TPSA) is 75.1 Å². The van der Waals surface area contributed by atoms with E-state index < -0.39 is 5.91 Å². The summed E-state index contributed by atoms with van der Waals surface area (Å²) in [7, 11) is 0. The summed E-state index contributed by atoms with van der Waals surface area (Å²) < 4.78 is 0. The van der Waals surface area contributed by atoms with Crippen molar-refractivity contribution < 1.29 is 10.0 Å². The average molecular weight is 153 g/mol. The molecule has 0 fully saturated rings. The molecule has 0 saturated carbocycles. The van der Waals surface area contributed by atoms with Crippen molar-refractivity contribution >= 4 is 5.91 Å². The van der Waals surface area contributed by atoms with Crippen LogP contribution in [0.2, 0.25) is 0 Å². The van der Waals surface area contributed by atoms with Gasteiger partial charge in [0.05, 0.1) is 11.9 Å². The van der Waals surface area contributed by atoms with E-state index in [1.807, 2.05) is 0 Å². The Bertz CT molecular complexity index is 257. The number of aryl methyl sites for hydroxylation is 1. The van der Waals surface area contributed by atoms with Gasteiger partial charge in [0, 0.05) is 6.20 Å². The van der Waals surface area contributed by atoms with Crippen molar-refractivity contribution in [3.8, 4) is 0 Å². The number of hydrogen-bond acceptors (Lipinski definition) is 4. The number of carbonyl (C=O) groups excluding carboxylic acids is 1. The van der Waals surface area contributed by atoms with Crippen molar-refractivity contribution in [2.45, 2.75) is 6.92 Å². The van der Waals surface area contributed by atoms with Crippen molar-refractivity contribution in [2.75, 3.05) is 0 Å². The maximum Gasteiger partial charge on any atom is 0.294 e. The number of carbonyl (C=O) groups is 1. The Morgan fingerprint density at radius 2 is 2.27 bits per heavy atom. The molecule has 1 aromatic rings. The van der Waals surface area contributed by atoms with E-state index in [1.54, 1.807) is 6.92 Å². The third-order valence-electron chi connectivity index (χ3n) is 1.12. The molecule has 0 aromatic carbocycles. The van der Waals surface area contributed by atoms with Crippen molar-refractivity contribution in [1.29, 1.82) is 0 Å². The number of nitrogens with zero attached hydrogens (tertiary/aromatic N) is 2. The molecule has 0 aliphatic heterocycles. The fourth-order valence-corrected chi connectivity index (χ4v) is 0.567. The lowest BCUT2D eigenvalue weighted by molar-refractivity contribution is 0.0700. The van der Waals surface area contributed by atoms with Gasteiger partial charge in [0.25, 0.3) is 5.91 Å². The standard InChI is InChI=1S/C6H7N3O2/c1-4-2-8-5(3-7-4)6(10)9-11/h2-3,11H,1H3,(H,9,10). The highest BCUT2D eigenvalue weighted by Crippen LogP contribution is 1.92. The van der Waals surface area contributed by atoms with Crippen LogP contribution in [0.3, 0.4) is 0 Å². The summed E-state index contributed by atoms with van der Waals surface area (Å²) in [4.78, 5) is 18.2. The molecule has 0 bridgehead atoms. The van der Waals surface area contributed by atoms with Crippen molar-refractivity contribution in [3.05, 3.63) is 23.8 Å². The van der Waals surface area contributed by atoms with E-state index in [4.69, 9.17) is 5.21 Å². The zero-order chi connectivity index (χ0) is 8.27. The summed E-state index contributed by atoms with van der Waals surface area (Å²) in [6, 6.07) is 0. The smallest absolute Gasteiger partial charge is 0.288 e. The minimum atomic E-state index is -0.655. The summed E-state index contributed by atoms with van der Waals surface area (Å²) in [6.07, 6.45) is 2.74. The molecule has 5 heteroatoms. The zero-order valence-electron chi connectivity index (χ0n) is 5.90. The Morgan fingerprint density at radius 3 is 2.73 bits per heavy atom. The Balaban J connectivity index is 2.90. The SMILES string of the molecule is Cc1cnc(C(=O)NO)cn1. The van der Waals surface area contributed by atoms with E-state index in [2.05, 4.69) is 9.97 Å². The molecule has 1 amide bonds. The normalized spacial score (nSPS) is 9.27. The van der Waals surface area contributed by atoms with E-state index >= 15 is 0 Å². The lowest BCUT2D eigenvalue weighted by Crippen LogP contribution is -2.20. The van der Waals surface area contributed by atoms with Gasteiger partial charge in [-0.25, -0.2) is 10.5 Å². The summed E-state index contributed by atoms with van der Waals surface area (Å²) in [5.41, 5.74) is 2.28. The van der Waals surface area contributed by atoms with Gasteiger partial charge in [-0.1, -0.05) is 0 Å².